The second-order valence-corrected chi connectivity index (χ2v) is 3.22. The molecule has 0 saturated heterocycles. The molecule has 2 N–H and O–H groups in total. The molecule has 1 atom stereocenters. The molecule has 0 aliphatic carbocycles. The number of hydrogen-bond donors (Lipinski definition) is 1. The van der Waals surface area contributed by atoms with Crippen LogP contribution in [0.3, 0.4) is 0 Å². The van der Waals surface area contributed by atoms with Crippen LogP contribution in [0.25, 0.3) is 0 Å². The molecule has 0 amide bonds. The molecule has 0 radical (unpaired) electrons. The predicted octanol–water partition coefficient (Wildman–Crippen LogP) is 2.70. The van der Waals surface area contributed by atoms with Gasteiger partial charge in [0.1, 0.15) is 0 Å². The first-order valence-electron chi connectivity index (χ1n) is 4.96. The van der Waals surface area contributed by atoms with Gasteiger partial charge < -0.3 is 5.73 Å². The fraction of sp³-hybridized carbons (Fsp3) is 0.818. The lowest BCUT2D eigenvalue weighted by molar-refractivity contribution is 0.529. The molecule has 0 rings (SSSR count). The molecule has 0 aromatic heterocycles. The van der Waals surface area contributed by atoms with E-state index in [9.17, 15) is 0 Å². The SMILES string of the molecule is CC#CCCCCC(N)CCC. The average molecular weight is 167 g/mol. The van der Waals surface area contributed by atoms with Crippen LogP contribution < -0.4 is 5.73 Å². The van der Waals surface area contributed by atoms with E-state index in [1.807, 2.05) is 6.92 Å². The van der Waals surface area contributed by atoms with Gasteiger partial charge in [0.15, 0.2) is 0 Å². The zero-order chi connectivity index (χ0) is 9.23. The highest BCUT2D eigenvalue weighted by atomic mass is 14.6. The second kappa shape index (κ2) is 8.62. The van der Waals surface area contributed by atoms with Crippen LogP contribution in [0.15, 0.2) is 0 Å². The minimum Gasteiger partial charge on any atom is -0.328 e. The predicted molar refractivity (Wildman–Crippen MR) is 54.8 cm³/mol. The molecule has 0 aromatic carbocycles. The Bertz CT molecular complexity index is 141. The Morgan fingerprint density at radius 2 is 2.00 bits per heavy atom. The Kier molecular flexibility index (Phi) is 8.27. The Morgan fingerprint density at radius 1 is 1.25 bits per heavy atom. The summed E-state index contributed by atoms with van der Waals surface area (Å²) < 4.78 is 0. The molecule has 1 nitrogen and oxygen atoms in total. The Balaban J connectivity index is 3.11. The van der Waals surface area contributed by atoms with Gasteiger partial charge in [0.05, 0.1) is 0 Å². The van der Waals surface area contributed by atoms with Crippen molar-refractivity contribution in [1.29, 1.82) is 0 Å². The fourth-order valence-corrected chi connectivity index (χ4v) is 1.26. The summed E-state index contributed by atoms with van der Waals surface area (Å²) in [4.78, 5) is 0. The zero-order valence-corrected chi connectivity index (χ0v) is 8.40. The van der Waals surface area contributed by atoms with Crippen molar-refractivity contribution in [1.82, 2.24) is 0 Å². The van der Waals surface area contributed by atoms with Crippen molar-refractivity contribution in [3.63, 3.8) is 0 Å². The Labute approximate surface area is 76.7 Å². The van der Waals surface area contributed by atoms with E-state index in [4.69, 9.17) is 5.73 Å². The molecule has 0 saturated carbocycles. The molecule has 70 valence electrons. The second-order valence-electron chi connectivity index (χ2n) is 3.22. The van der Waals surface area contributed by atoms with Crippen molar-refractivity contribution in [2.45, 2.75) is 58.4 Å². The molecule has 0 heterocycles. The minimum absolute atomic E-state index is 0.421. The van der Waals surface area contributed by atoms with Crippen molar-refractivity contribution >= 4 is 0 Å². The summed E-state index contributed by atoms with van der Waals surface area (Å²) in [6, 6.07) is 0.421. The van der Waals surface area contributed by atoms with Crippen LogP contribution in [-0.2, 0) is 0 Å². The molecule has 12 heavy (non-hydrogen) atoms. The van der Waals surface area contributed by atoms with E-state index in [1.165, 1.54) is 32.1 Å². The van der Waals surface area contributed by atoms with Crippen molar-refractivity contribution < 1.29 is 0 Å². The quantitative estimate of drug-likeness (QED) is 0.477. The maximum atomic E-state index is 5.86. The van der Waals surface area contributed by atoms with Crippen LogP contribution in [0, 0.1) is 11.8 Å². The van der Waals surface area contributed by atoms with E-state index < -0.39 is 0 Å². The molecule has 0 fully saturated rings. The molecular weight excluding hydrogens is 146 g/mol. The number of nitrogens with two attached hydrogens (primary N) is 1. The van der Waals surface area contributed by atoms with E-state index in [-0.39, 0.29) is 0 Å². The summed E-state index contributed by atoms with van der Waals surface area (Å²) in [5.74, 6) is 5.96. The highest BCUT2D eigenvalue weighted by Crippen LogP contribution is 2.05. The number of unbranched alkanes of at least 4 members (excludes halogenated alkanes) is 2. The molecule has 0 aliphatic rings. The minimum atomic E-state index is 0.421. The van der Waals surface area contributed by atoms with Gasteiger partial charge in [-0.25, -0.2) is 0 Å². The smallest absolute Gasteiger partial charge is 0.00885 e. The van der Waals surface area contributed by atoms with E-state index in [0.29, 0.717) is 6.04 Å². The Hall–Kier alpha value is -0.480. The van der Waals surface area contributed by atoms with Crippen molar-refractivity contribution in [2.75, 3.05) is 0 Å². The lowest BCUT2D eigenvalue weighted by Crippen LogP contribution is -2.18. The molecule has 0 spiro atoms. The lowest BCUT2D eigenvalue weighted by atomic mass is 10.1. The zero-order valence-electron chi connectivity index (χ0n) is 8.40. The van der Waals surface area contributed by atoms with Crippen molar-refractivity contribution in [2.24, 2.45) is 5.73 Å². The summed E-state index contributed by atoms with van der Waals surface area (Å²) in [7, 11) is 0. The lowest BCUT2D eigenvalue weighted by Gasteiger charge is -2.08. The van der Waals surface area contributed by atoms with Gasteiger partial charge in [0.2, 0.25) is 0 Å². The normalized spacial score (nSPS) is 11.9. The van der Waals surface area contributed by atoms with Crippen LogP contribution >= 0.6 is 0 Å². The Morgan fingerprint density at radius 3 is 2.58 bits per heavy atom. The molecular formula is C11H21N. The van der Waals surface area contributed by atoms with Gasteiger partial charge in [0.25, 0.3) is 0 Å². The molecule has 0 aromatic rings. The highest BCUT2D eigenvalue weighted by Gasteiger charge is 1.98. The van der Waals surface area contributed by atoms with Crippen molar-refractivity contribution in [3.8, 4) is 11.8 Å². The van der Waals surface area contributed by atoms with Crippen LogP contribution in [-0.4, -0.2) is 6.04 Å². The monoisotopic (exact) mass is 167 g/mol. The van der Waals surface area contributed by atoms with Gasteiger partial charge >= 0.3 is 0 Å². The third-order valence-electron chi connectivity index (χ3n) is 1.96. The highest BCUT2D eigenvalue weighted by molar-refractivity contribution is 4.94. The fourth-order valence-electron chi connectivity index (χ4n) is 1.26. The van der Waals surface area contributed by atoms with Gasteiger partial charge in [-0.2, -0.15) is 0 Å². The topological polar surface area (TPSA) is 26.0 Å². The van der Waals surface area contributed by atoms with Gasteiger partial charge in [-0.1, -0.05) is 19.8 Å². The summed E-state index contributed by atoms with van der Waals surface area (Å²) in [6.07, 6.45) is 7.01. The first kappa shape index (κ1) is 11.5. The van der Waals surface area contributed by atoms with Gasteiger partial charge in [-0.05, 0) is 26.2 Å². The van der Waals surface area contributed by atoms with E-state index in [1.54, 1.807) is 0 Å². The van der Waals surface area contributed by atoms with Crippen LogP contribution in [0.5, 0.6) is 0 Å². The summed E-state index contributed by atoms with van der Waals surface area (Å²) in [6.45, 7) is 4.07. The summed E-state index contributed by atoms with van der Waals surface area (Å²) in [5.41, 5.74) is 5.86. The number of hydrogen-bond acceptors (Lipinski definition) is 1. The summed E-state index contributed by atoms with van der Waals surface area (Å²) in [5, 5.41) is 0. The van der Waals surface area contributed by atoms with Crippen LogP contribution in [0.1, 0.15) is 52.4 Å². The first-order valence-corrected chi connectivity index (χ1v) is 4.96. The maximum absolute atomic E-state index is 5.86. The molecule has 1 unspecified atom stereocenters. The van der Waals surface area contributed by atoms with E-state index in [0.717, 1.165) is 6.42 Å². The van der Waals surface area contributed by atoms with Gasteiger partial charge in [0, 0.05) is 12.5 Å². The average Bonchev–Trinajstić information content (AvgIpc) is 2.05. The van der Waals surface area contributed by atoms with Crippen LogP contribution in [0.2, 0.25) is 0 Å². The van der Waals surface area contributed by atoms with E-state index >= 15 is 0 Å². The van der Waals surface area contributed by atoms with E-state index in [2.05, 4.69) is 18.8 Å². The van der Waals surface area contributed by atoms with Gasteiger partial charge in [-0.15, -0.1) is 11.8 Å². The third kappa shape index (κ3) is 7.63. The largest absolute Gasteiger partial charge is 0.328 e. The maximum Gasteiger partial charge on any atom is 0.00885 e. The standard InChI is InChI=1S/C11H21N/c1-3-5-6-7-8-10-11(12)9-4-2/h11H,4,6-10,12H2,1-2H3. The first-order chi connectivity index (χ1) is 5.81. The third-order valence-corrected chi connectivity index (χ3v) is 1.96. The van der Waals surface area contributed by atoms with Crippen molar-refractivity contribution in [3.05, 3.63) is 0 Å². The molecule has 0 bridgehead atoms. The molecule has 0 aliphatic heterocycles. The summed E-state index contributed by atoms with van der Waals surface area (Å²) >= 11 is 0. The van der Waals surface area contributed by atoms with Gasteiger partial charge in [-0.3, -0.25) is 0 Å². The molecule has 1 heteroatoms. The van der Waals surface area contributed by atoms with Crippen LogP contribution in [0.4, 0.5) is 0 Å². The number of rotatable bonds is 6.